The van der Waals surface area contributed by atoms with E-state index in [-0.39, 0.29) is 11.6 Å². The number of nitrogens with zero attached hydrogens (tertiary/aromatic N) is 1. The van der Waals surface area contributed by atoms with Crippen LogP contribution >= 0.6 is 0 Å². The van der Waals surface area contributed by atoms with Crippen molar-refractivity contribution in [2.75, 3.05) is 0 Å². The Morgan fingerprint density at radius 2 is 2.22 bits per heavy atom. The quantitative estimate of drug-likeness (QED) is 0.783. The van der Waals surface area contributed by atoms with Crippen LogP contribution in [0, 0.1) is 17.2 Å². The minimum atomic E-state index is -1.30. The molecule has 1 amide bonds. The molecule has 18 heavy (non-hydrogen) atoms. The van der Waals surface area contributed by atoms with E-state index in [4.69, 9.17) is 0 Å². The number of halogens is 2. The average Bonchev–Trinajstić information content (AvgIpc) is 2.32. The summed E-state index contributed by atoms with van der Waals surface area (Å²) in [6, 6.07) is 0.867. The summed E-state index contributed by atoms with van der Waals surface area (Å²) in [5.41, 5.74) is -0.836. The van der Waals surface area contributed by atoms with Crippen LogP contribution in [0.5, 0.6) is 0 Å². The van der Waals surface area contributed by atoms with E-state index in [0.717, 1.165) is 12.3 Å². The number of pyridine rings is 1. The fourth-order valence-electron chi connectivity index (χ4n) is 1.98. The molecule has 0 saturated heterocycles. The lowest BCUT2D eigenvalue weighted by Gasteiger charge is -2.49. The van der Waals surface area contributed by atoms with Crippen LogP contribution in [-0.2, 0) is 0 Å². The number of carbonyl (C=O) groups is 1. The molecule has 98 valence electrons. The molecular formula is C12H14F2N2O2. The van der Waals surface area contributed by atoms with Crippen molar-refractivity contribution in [1.29, 1.82) is 0 Å². The van der Waals surface area contributed by atoms with Crippen LogP contribution < -0.4 is 5.32 Å². The average molecular weight is 256 g/mol. The zero-order chi connectivity index (χ0) is 13.5. The van der Waals surface area contributed by atoms with E-state index in [9.17, 15) is 18.7 Å². The monoisotopic (exact) mass is 256 g/mol. The first kappa shape index (κ1) is 12.9. The zero-order valence-electron chi connectivity index (χ0n) is 10.1. The minimum absolute atomic E-state index is 0.254. The first-order valence-corrected chi connectivity index (χ1v) is 5.63. The number of amides is 1. The predicted octanol–water partition coefficient (Wildman–Crippen LogP) is 1.25. The van der Waals surface area contributed by atoms with Crippen molar-refractivity contribution in [3.8, 4) is 0 Å². The molecule has 1 aliphatic carbocycles. The summed E-state index contributed by atoms with van der Waals surface area (Å²) >= 11 is 0. The highest BCUT2D eigenvalue weighted by Gasteiger charge is 2.48. The Hall–Kier alpha value is -1.56. The SMILES string of the molecule is CC1(C)C(O)CC1NC(=O)c1ccnc(F)c1F. The van der Waals surface area contributed by atoms with Crippen molar-refractivity contribution in [3.63, 3.8) is 0 Å². The van der Waals surface area contributed by atoms with E-state index in [0.29, 0.717) is 6.42 Å². The van der Waals surface area contributed by atoms with Gasteiger partial charge in [-0.25, -0.2) is 9.37 Å². The Kier molecular flexibility index (Phi) is 3.06. The van der Waals surface area contributed by atoms with Crippen LogP contribution in [-0.4, -0.2) is 28.1 Å². The second kappa shape index (κ2) is 4.28. The van der Waals surface area contributed by atoms with Crippen molar-refractivity contribution in [3.05, 3.63) is 29.6 Å². The van der Waals surface area contributed by atoms with Gasteiger partial charge in [0, 0.05) is 17.7 Å². The van der Waals surface area contributed by atoms with Crippen LogP contribution in [0.3, 0.4) is 0 Å². The molecule has 1 aliphatic rings. The fraction of sp³-hybridized carbons (Fsp3) is 0.500. The van der Waals surface area contributed by atoms with Gasteiger partial charge in [0.05, 0.1) is 11.7 Å². The van der Waals surface area contributed by atoms with Crippen LogP contribution in [0.1, 0.15) is 30.6 Å². The highest BCUT2D eigenvalue weighted by atomic mass is 19.2. The number of nitrogens with one attached hydrogen (secondary N) is 1. The van der Waals surface area contributed by atoms with E-state index in [1.807, 2.05) is 0 Å². The van der Waals surface area contributed by atoms with Gasteiger partial charge in [0.15, 0.2) is 5.82 Å². The molecule has 0 aromatic carbocycles. The summed E-state index contributed by atoms with van der Waals surface area (Å²) < 4.78 is 26.2. The van der Waals surface area contributed by atoms with E-state index < -0.39 is 29.2 Å². The predicted molar refractivity (Wildman–Crippen MR) is 59.8 cm³/mol. The lowest BCUT2D eigenvalue weighted by Crippen LogP contribution is -2.61. The highest BCUT2D eigenvalue weighted by molar-refractivity contribution is 5.94. The van der Waals surface area contributed by atoms with Gasteiger partial charge in [-0.1, -0.05) is 13.8 Å². The second-order valence-electron chi connectivity index (χ2n) is 5.06. The fourth-order valence-corrected chi connectivity index (χ4v) is 1.98. The van der Waals surface area contributed by atoms with E-state index in [1.165, 1.54) is 0 Å². The van der Waals surface area contributed by atoms with Crippen molar-refractivity contribution in [2.24, 2.45) is 5.41 Å². The Labute approximate surface area is 103 Å². The van der Waals surface area contributed by atoms with Crippen molar-refractivity contribution < 1.29 is 18.7 Å². The van der Waals surface area contributed by atoms with Crippen molar-refractivity contribution in [2.45, 2.75) is 32.4 Å². The molecule has 1 fully saturated rings. The van der Waals surface area contributed by atoms with Gasteiger partial charge in [-0.3, -0.25) is 4.79 Å². The molecule has 2 atom stereocenters. The lowest BCUT2D eigenvalue weighted by atomic mass is 9.64. The van der Waals surface area contributed by atoms with Crippen LogP contribution in [0.25, 0.3) is 0 Å². The second-order valence-corrected chi connectivity index (χ2v) is 5.06. The molecule has 4 nitrogen and oxygen atoms in total. The zero-order valence-corrected chi connectivity index (χ0v) is 10.1. The van der Waals surface area contributed by atoms with Gasteiger partial charge in [0.1, 0.15) is 0 Å². The van der Waals surface area contributed by atoms with E-state index in [2.05, 4.69) is 10.3 Å². The Morgan fingerprint density at radius 1 is 1.56 bits per heavy atom. The molecule has 0 radical (unpaired) electrons. The van der Waals surface area contributed by atoms with E-state index in [1.54, 1.807) is 13.8 Å². The molecule has 0 bridgehead atoms. The van der Waals surface area contributed by atoms with Crippen molar-refractivity contribution >= 4 is 5.91 Å². The molecule has 0 spiro atoms. The maximum absolute atomic E-state index is 13.3. The van der Waals surface area contributed by atoms with Gasteiger partial charge in [-0.2, -0.15) is 4.39 Å². The summed E-state index contributed by atoms with van der Waals surface area (Å²) in [6.45, 7) is 3.60. The molecule has 2 unspecified atom stereocenters. The number of aromatic nitrogens is 1. The molecular weight excluding hydrogens is 242 g/mol. The van der Waals surface area contributed by atoms with Gasteiger partial charge in [-0.05, 0) is 12.5 Å². The normalized spacial score (nSPS) is 25.4. The van der Waals surface area contributed by atoms with Gasteiger partial charge < -0.3 is 10.4 Å². The number of aliphatic hydroxyl groups is 1. The summed E-state index contributed by atoms with van der Waals surface area (Å²) in [5, 5.41) is 12.1. The van der Waals surface area contributed by atoms with Gasteiger partial charge in [0.2, 0.25) is 5.95 Å². The molecule has 2 N–H and O–H groups in total. The third-order valence-corrected chi connectivity index (χ3v) is 3.61. The number of rotatable bonds is 2. The van der Waals surface area contributed by atoms with E-state index >= 15 is 0 Å². The third-order valence-electron chi connectivity index (χ3n) is 3.61. The number of carbonyl (C=O) groups excluding carboxylic acids is 1. The maximum atomic E-state index is 13.3. The van der Waals surface area contributed by atoms with Crippen LogP contribution in [0.2, 0.25) is 0 Å². The topological polar surface area (TPSA) is 62.2 Å². The molecule has 1 heterocycles. The standard InChI is InChI=1S/C12H14F2N2O2/c1-12(2)7(5-8(12)17)16-11(18)6-3-4-15-10(14)9(6)13/h3-4,7-8,17H,5H2,1-2H3,(H,16,18). The summed E-state index contributed by atoms with van der Waals surface area (Å²) in [6.07, 6.45) is 0.948. The number of aliphatic hydroxyl groups excluding tert-OH is 1. The van der Waals surface area contributed by atoms with Crippen LogP contribution in [0.4, 0.5) is 8.78 Å². The Morgan fingerprint density at radius 3 is 2.78 bits per heavy atom. The molecule has 1 aromatic rings. The van der Waals surface area contributed by atoms with Gasteiger partial charge in [0.25, 0.3) is 5.91 Å². The first-order valence-electron chi connectivity index (χ1n) is 5.63. The highest BCUT2D eigenvalue weighted by Crippen LogP contribution is 2.40. The maximum Gasteiger partial charge on any atom is 0.254 e. The Balaban J connectivity index is 2.12. The molecule has 6 heteroatoms. The lowest BCUT2D eigenvalue weighted by molar-refractivity contribution is -0.0690. The summed E-state index contributed by atoms with van der Waals surface area (Å²) in [5.74, 6) is -3.25. The smallest absolute Gasteiger partial charge is 0.254 e. The molecule has 0 aliphatic heterocycles. The summed E-state index contributed by atoms with van der Waals surface area (Å²) in [7, 11) is 0. The molecule has 1 saturated carbocycles. The van der Waals surface area contributed by atoms with Gasteiger partial charge >= 0.3 is 0 Å². The minimum Gasteiger partial charge on any atom is -0.392 e. The van der Waals surface area contributed by atoms with Crippen molar-refractivity contribution in [1.82, 2.24) is 10.3 Å². The largest absolute Gasteiger partial charge is 0.392 e. The molecule has 1 aromatic heterocycles. The number of hydrogen-bond acceptors (Lipinski definition) is 3. The summed E-state index contributed by atoms with van der Waals surface area (Å²) in [4.78, 5) is 14.9. The first-order chi connectivity index (χ1) is 8.34. The van der Waals surface area contributed by atoms with Crippen LogP contribution in [0.15, 0.2) is 12.3 Å². The third kappa shape index (κ3) is 1.96. The van der Waals surface area contributed by atoms with Gasteiger partial charge in [-0.15, -0.1) is 0 Å². The number of hydrogen-bond donors (Lipinski definition) is 2. The molecule has 2 rings (SSSR count). The Bertz CT molecular complexity index is 491.